The summed E-state index contributed by atoms with van der Waals surface area (Å²) in [7, 11) is 1.57. The van der Waals surface area contributed by atoms with Crippen LogP contribution in [0.2, 0.25) is 5.02 Å². The Hall–Kier alpha value is -2.12. The van der Waals surface area contributed by atoms with Crippen LogP contribution in [0.1, 0.15) is 22.3 Å². The number of carbonyl (C=O) groups is 2. The van der Waals surface area contributed by atoms with Gasteiger partial charge in [0.05, 0.1) is 17.3 Å². The van der Waals surface area contributed by atoms with Crippen molar-refractivity contribution in [3.8, 4) is 5.75 Å². The molecule has 0 aliphatic heterocycles. The Morgan fingerprint density at radius 1 is 1.33 bits per heavy atom. The van der Waals surface area contributed by atoms with E-state index in [2.05, 4.69) is 4.98 Å². The van der Waals surface area contributed by atoms with Crippen LogP contribution in [0, 0.1) is 6.92 Å². The first-order valence-electron chi connectivity index (χ1n) is 7.22. The average Bonchev–Trinajstić information content (AvgIpc) is 2.95. The van der Waals surface area contributed by atoms with Gasteiger partial charge in [-0.25, -0.2) is 9.78 Å². The van der Waals surface area contributed by atoms with Crippen molar-refractivity contribution in [1.29, 1.82) is 0 Å². The average molecular weight is 369 g/mol. The van der Waals surface area contributed by atoms with Crippen LogP contribution in [0.15, 0.2) is 24.3 Å². The number of aryl methyl sites for hydroxylation is 1. The number of para-hydroxylation sites is 1. The molecule has 1 heterocycles. The minimum atomic E-state index is -0.438. The molecule has 1 aromatic carbocycles. The summed E-state index contributed by atoms with van der Waals surface area (Å²) in [5, 5.41) is 0.839. The molecule has 0 aliphatic rings. The normalized spacial score (nSPS) is 10.3. The molecule has 128 valence electrons. The molecule has 0 spiro atoms. The summed E-state index contributed by atoms with van der Waals surface area (Å²) in [6.07, 6.45) is 0. The van der Waals surface area contributed by atoms with Crippen molar-refractivity contribution in [2.45, 2.75) is 13.8 Å². The number of ether oxygens (including phenoxy) is 2. The number of rotatable bonds is 6. The van der Waals surface area contributed by atoms with Gasteiger partial charge >= 0.3 is 5.97 Å². The zero-order valence-electron chi connectivity index (χ0n) is 13.5. The molecular weight excluding hydrogens is 352 g/mol. The number of esters is 1. The molecule has 8 heteroatoms. The number of benzene rings is 1. The molecule has 0 N–H and O–H groups in total. The zero-order chi connectivity index (χ0) is 17.7. The Kier molecular flexibility index (Phi) is 6.16. The molecule has 1 aromatic heterocycles. The lowest BCUT2D eigenvalue weighted by atomic mass is 10.3. The monoisotopic (exact) mass is 368 g/mol. The van der Waals surface area contributed by atoms with Crippen LogP contribution in [0.4, 0.5) is 5.13 Å². The quantitative estimate of drug-likeness (QED) is 0.731. The molecule has 0 bridgehead atoms. The summed E-state index contributed by atoms with van der Waals surface area (Å²) in [5.74, 6) is -0.311. The van der Waals surface area contributed by atoms with Gasteiger partial charge in [-0.1, -0.05) is 35.1 Å². The maximum absolute atomic E-state index is 12.3. The number of nitrogens with zero attached hydrogens (tertiary/aromatic N) is 2. The second-order valence-electron chi connectivity index (χ2n) is 4.80. The first-order chi connectivity index (χ1) is 11.4. The topological polar surface area (TPSA) is 68.7 Å². The van der Waals surface area contributed by atoms with Crippen LogP contribution < -0.4 is 9.64 Å². The van der Waals surface area contributed by atoms with E-state index in [4.69, 9.17) is 21.1 Å². The first kappa shape index (κ1) is 18.2. The first-order valence-corrected chi connectivity index (χ1v) is 8.42. The lowest BCUT2D eigenvalue weighted by molar-refractivity contribution is -0.120. The van der Waals surface area contributed by atoms with E-state index in [1.54, 1.807) is 45.2 Å². The number of hydrogen-bond donors (Lipinski definition) is 0. The molecule has 2 aromatic rings. The van der Waals surface area contributed by atoms with Gasteiger partial charge in [0, 0.05) is 7.05 Å². The predicted octanol–water partition coefficient (Wildman–Crippen LogP) is 3.32. The van der Waals surface area contributed by atoms with Gasteiger partial charge in [0.15, 0.2) is 11.7 Å². The van der Waals surface area contributed by atoms with Crippen molar-refractivity contribution >= 4 is 39.9 Å². The predicted molar refractivity (Wildman–Crippen MR) is 93.2 cm³/mol. The molecule has 0 aliphatic carbocycles. The Morgan fingerprint density at radius 2 is 2.04 bits per heavy atom. The van der Waals surface area contributed by atoms with E-state index in [1.807, 2.05) is 0 Å². The Balaban J connectivity index is 2.04. The van der Waals surface area contributed by atoms with E-state index in [0.717, 1.165) is 11.3 Å². The minimum Gasteiger partial charge on any atom is -0.482 e. The van der Waals surface area contributed by atoms with Gasteiger partial charge in [0.2, 0.25) is 0 Å². The summed E-state index contributed by atoms with van der Waals surface area (Å²) >= 11 is 7.09. The second kappa shape index (κ2) is 8.12. The van der Waals surface area contributed by atoms with E-state index in [9.17, 15) is 9.59 Å². The molecule has 0 fully saturated rings. The fourth-order valence-electron chi connectivity index (χ4n) is 1.82. The number of hydrogen-bond acceptors (Lipinski definition) is 6. The maximum atomic E-state index is 12.3. The summed E-state index contributed by atoms with van der Waals surface area (Å²) in [6, 6.07) is 6.91. The van der Waals surface area contributed by atoms with Crippen molar-refractivity contribution in [2.75, 3.05) is 25.2 Å². The lowest BCUT2D eigenvalue weighted by Crippen LogP contribution is -2.31. The van der Waals surface area contributed by atoms with Gasteiger partial charge in [0.25, 0.3) is 5.91 Å². The Morgan fingerprint density at radius 3 is 2.71 bits per heavy atom. The van der Waals surface area contributed by atoms with Crippen molar-refractivity contribution in [3.63, 3.8) is 0 Å². The molecule has 0 radical (unpaired) electrons. The van der Waals surface area contributed by atoms with Gasteiger partial charge in [-0.15, -0.1) is 0 Å². The van der Waals surface area contributed by atoms with Crippen molar-refractivity contribution < 1.29 is 19.1 Å². The van der Waals surface area contributed by atoms with E-state index < -0.39 is 5.97 Å². The second-order valence-corrected chi connectivity index (χ2v) is 6.19. The third-order valence-corrected chi connectivity index (χ3v) is 4.62. The van der Waals surface area contributed by atoms with Crippen LogP contribution >= 0.6 is 22.9 Å². The number of anilines is 1. The molecule has 6 nitrogen and oxygen atoms in total. The number of thiazole rings is 1. The fraction of sp³-hybridized carbons (Fsp3) is 0.312. The van der Waals surface area contributed by atoms with Crippen LogP contribution in [-0.2, 0) is 9.53 Å². The standard InChI is InChI=1S/C16H17ClN2O4S/c1-4-22-15(21)14-10(2)18-16(24-14)19(3)13(20)9-23-12-8-6-5-7-11(12)17/h5-8H,4,9H2,1-3H3. The summed E-state index contributed by atoms with van der Waals surface area (Å²) < 4.78 is 10.4. The summed E-state index contributed by atoms with van der Waals surface area (Å²) in [5.41, 5.74) is 0.528. The largest absolute Gasteiger partial charge is 0.482 e. The highest BCUT2D eigenvalue weighted by molar-refractivity contribution is 7.17. The Labute approximate surface area is 149 Å². The zero-order valence-corrected chi connectivity index (χ0v) is 15.1. The van der Waals surface area contributed by atoms with Crippen molar-refractivity contribution in [3.05, 3.63) is 39.9 Å². The fourth-order valence-corrected chi connectivity index (χ4v) is 2.95. The smallest absolute Gasteiger partial charge is 0.350 e. The van der Waals surface area contributed by atoms with Gasteiger partial charge in [-0.05, 0) is 26.0 Å². The van der Waals surface area contributed by atoms with Crippen LogP contribution in [0.5, 0.6) is 5.75 Å². The molecule has 1 amide bonds. The molecule has 0 saturated carbocycles. The number of likely N-dealkylation sites (N-methyl/N-ethyl adjacent to an activating group) is 1. The van der Waals surface area contributed by atoms with Crippen molar-refractivity contribution in [2.24, 2.45) is 0 Å². The van der Waals surface area contributed by atoms with Gasteiger partial charge in [-0.2, -0.15) is 0 Å². The summed E-state index contributed by atoms with van der Waals surface area (Å²) in [4.78, 5) is 30.1. The molecule has 2 rings (SSSR count). The highest BCUT2D eigenvalue weighted by Gasteiger charge is 2.21. The lowest BCUT2D eigenvalue weighted by Gasteiger charge is -2.14. The van der Waals surface area contributed by atoms with Gasteiger partial charge in [-0.3, -0.25) is 9.69 Å². The van der Waals surface area contributed by atoms with Crippen LogP contribution in [0.25, 0.3) is 0 Å². The van der Waals surface area contributed by atoms with E-state index in [0.29, 0.717) is 26.5 Å². The van der Waals surface area contributed by atoms with Crippen molar-refractivity contribution in [1.82, 2.24) is 4.98 Å². The molecular formula is C16H17ClN2O4S. The number of amides is 1. The van der Waals surface area contributed by atoms with Gasteiger partial charge < -0.3 is 9.47 Å². The molecule has 24 heavy (non-hydrogen) atoms. The SMILES string of the molecule is CCOC(=O)c1sc(N(C)C(=O)COc2ccccc2Cl)nc1C. The molecule has 0 saturated heterocycles. The number of halogens is 1. The van der Waals surface area contributed by atoms with Crippen LogP contribution in [-0.4, -0.2) is 37.1 Å². The van der Waals surface area contributed by atoms with E-state index in [-0.39, 0.29) is 19.1 Å². The number of aromatic nitrogens is 1. The van der Waals surface area contributed by atoms with Crippen LogP contribution in [0.3, 0.4) is 0 Å². The summed E-state index contributed by atoms with van der Waals surface area (Å²) in [6.45, 7) is 3.53. The maximum Gasteiger partial charge on any atom is 0.350 e. The molecule has 0 atom stereocenters. The third kappa shape index (κ3) is 4.24. The minimum absolute atomic E-state index is 0.187. The Bertz CT molecular complexity index is 747. The molecule has 0 unspecified atom stereocenters. The highest BCUT2D eigenvalue weighted by Crippen LogP contribution is 2.27. The van der Waals surface area contributed by atoms with Gasteiger partial charge in [0.1, 0.15) is 10.6 Å². The van der Waals surface area contributed by atoms with E-state index >= 15 is 0 Å². The number of carbonyl (C=O) groups excluding carboxylic acids is 2. The van der Waals surface area contributed by atoms with E-state index in [1.165, 1.54) is 4.90 Å². The third-order valence-electron chi connectivity index (χ3n) is 3.09. The highest BCUT2D eigenvalue weighted by atomic mass is 35.5.